The number of hydrogen-bond donors (Lipinski definition) is 0. The molecule has 0 fully saturated rings. The molecule has 2 heterocycles. The SMILES string of the molecule is Cn1cc(N(C(=O)c2ccccc2)N(CCBr)CCBr)cc1C(=O)n1ccnc1. The largest absolute Gasteiger partial charge is 0.344 e. The van der Waals surface area contributed by atoms with Gasteiger partial charge in [-0.2, -0.15) is 0 Å². The monoisotopic (exact) mass is 521 g/mol. The van der Waals surface area contributed by atoms with Crippen LogP contribution in [-0.4, -0.2) is 54.7 Å². The minimum atomic E-state index is -0.212. The van der Waals surface area contributed by atoms with Gasteiger partial charge < -0.3 is 4.57 Å². The maximum absolute atomic E-state index is 13.4. The molecule has 0 saturated carbocycles. The van der Waals surface area contributed by atoms with Gasteiger partial charge in [-0.3, -0.25) is 14.2 Å². The molecule has 0 spiro atoms. The summed E-state index contributed by atoms with van der Waals surface area (Å²) >= 11 is 6.94. The summed E-state index contributed by atoms with van der Waals surface area (Å²) in [5, 5.41) is 5.00. The van der Waals surface area contributed by atoms with E-state index in [4.69, 9.17) is 0 Å². The zero-order valence-electron chi connectivity index (χ0n) is 15.9. The van der Waals surface area contributed by atoms with Gasteiger partial charge in [-0.1, -0.05) is 50.1 Å². The normalized spacial score (nSPS) is 11.0. The summed E-state index contributed by atoms with van der Waals surface area (Å²) in [5.74, 6) is -0.365. The topological polar surface area (TPSA) is 63.4 Å². The van der Waals surface area contributed by atoms with E-state index in [0.717, 1.165) is 0 Å². The van der Waals surface area contributed by atoms with Gasteiger partial charge in [0.2, 0.25) is 0 Å². The Morgan fingerprint density at radius 2 is 1.79 bits per heavy atom. The number of nitrogens with zero attached hydrogens (tertiary/aromatic N) is 5. The van der Waals surface area contributed by atoms with Crippen molar-refractivity contribution < 1.29 is 9.59 Å². The van der Waals surface area contributed by atoms with Gasteiger partial charge >= 0.3 is 0 Å². The van der Waals surface area contributed by atoms with Crippen molar-refractivity contribution in [2.75, 3.05) is 28.8 Å². The second kappa shape index (κ2) is 10.00. The van der Waals surface area contributed by atoms with Crippen LogP contribution < -0.4 is 5.01 Å². The van der Waals surface area contributed by atoms with Crippen LogP contribution in [0.15, 0.2) is 61.3 Å². The van der Waals surface area contributed by atoms with Crippen molar-refractivity contribution in [1.82, 2.24) is 19.1 Å². The molecule has 3 aromatic rings. The van der Waals surface area contributed by atoms with E-state index in [1.807, 2.05) is 23.2 Å². The van der Waals surface area contributed by atoms with E-state index in [-0.39, 0.29) is 11.8 Å². The quantitative estimate of drug-likeness (QED) is 0.335. The van der Waals surface area contributed by atoms with Crippen molar-refractivity contribution in [2.45, 2.75) is 0 Å². The maximum atomic E-state index is 13.4. The average molecular weight is 523 g/mol. The Bertz CT molecular complexity index is 951. The summed E-state index contributed by atoms with van der Waals surface area (Å²) in [5.41, 5.74) is 1.67. The van der Waals surface area contributed by atoms with Gasteiger partial charge in [0, 0.05) is 55.0 Å². The number of anilines is 1. The van der Waals surface area contributed by atoms with Crippen LogP contribution in [0.5, 0.6) is 0 Å². The lowest BCUT2D eigenvalue weighted by Crippen LogP contribution is -2.48. The van der Waals surface area contributed by atoms with Crippen LogP contribution in [0.3, 0.4) is 0 Å². The number of alkyl halides is 2. The van der Waals surface area contributed by atoms with Gasteiger partial charge in [0.05, 0.1) is 5.69 Å². The molecule has 0 bridgehead atoms. The van der Waals surface area contributed by atoms with Crippen molar-refractivity contribution in [3.05, 3.63) is 72.6 Å². The first-order chi connectivity index (χ1) is 14.1. The van der Waals surface area contributed by atoms with E-state index >= 15 is 0 Å². The minimum absolute atomic E-state index is 0.153. The van der Waals surface area contributed by atoms with Crippen molar-refractivity contribution in [3.8, 4) is 0 Å². The van der Waals surface area contributed by atoms with E-state index in [1.54, 1.807) is 53.4 Å². The molecule has 1 amide bonds. The Morgan fingerprint density at radius 3 is 2.38 bits per heavy atom. The lowest BCUT2D eigenvalue weighted by Gasteiger charge is -2.33. The number of hydrazine groups is 1. The number of aryl methyl sites for hydroxylation is 1. The summed E-state index contributed by atoms with van der Waals surface area (Å²) in [6.07, 6.45) is 6.41. The van der Waals surface area contributed by atoms with Gasteiger partial charge in [0.25, 0.3) is 11.8 Å². The Morgan fingerprint density at radius 1 is 1.10 bits per heavy atom. The van der Waals surface area contributed by atoms with Crippen molar-refractivity contribution in [2.24, 2.45) is 7.05 Å². The summed E-state index contributed by atoms with van der Waals surface area (Å²) in [6, 6.07) is 10.9. The predicted octanol–water partition coefficient (Wildman–Crippen LogP) is 3.56. The molecule has 1 aromatic carbocycles. The van der Waals surface area contributed by atoms with E-state index in [9.17, 15) is 9.59 Å². The minimum Gasteiger partial charge on any atom is -0.344 e. The van der Waals surface area contributed by atoms with Crippen molar-refractivity contribution in [3.63, 3.8) is 0 Å². The van der Waals surface area contributed by atoms with E-state index in [0.29, 0.717) is 40.7 Å². The number of benzene rings is 1. The smallest absolute Gasteiger partial charge is 0.279 e. The van der Waals surface area contributed by atoms with Gasteiger partial charge in [-0.15, -0.1) is 0 Å². The molecule has 7 nitrogen and oxygen atoms in total. The second-order valence-corrected chi connectivity index (χ2v) is 7.87. The zero-order chi connectivity index (χ0) is 20.8. The molecule has 3 rings (SSSR count). The molecular formula is C20H21Br2N5O2. The fourth-order valence-corrected chi connectivity index (χ4v) is 3.82. The number of carbonyl (C=O) groups excluding carboxylic acids is 2. The second-order valence-electron chi connectivity index (χ2n) is 6.28. The highest BCUT2D eigenvalue weighted by Gasteiger charge is 2.27. The molecular weight excluding hydrogens is 502 g/mol. The fraction of sp³-hybridized carbons (Fsp3) is 0.250. The van der Waals surface area contributed by atoms with Crippen LogP contribution in [0.1, 0.15) is 20.8 Å². The van der Waals surface area contributed by atoms with E-state index in [1.165, 1.54) is 10.9 Å². The van der Waals surface area contributed by atoms with Crippen LogP contribution in [0.25, 0.3) is 0 Å². The number of carbonyl (C=O) groups is 2. The molecule has 29 heavy (non-hydrogen) atoms. The van der Waals surface area contributed by atoms with Gasteiger partial charge in [-0.25, -0.2) is 15.0 Å². The highest BCUT2D eigenvalue weighted by molar-refractivity contribution is 9.09. The van der Waals surface area contributed by atoms with Crippen LogP contribution in [0, 0.1) is 0 Å². The standard InChI is InChI=1S/C20H21Br2N5O2/c1-24-14-17(13-18(24)20(29)25-12-9-23-15-25)27(26(10-7-21)11-8-22)19(28)16-5-3-2-4-6-16/h2-6,9,12-15H,7-8,10-11H2,1H3. The number of hydrogen-bond acceptors (Lipinski definition) is 4. The molecule has 0 radical (unpaired) electrons. The van der Waals surface area contributed by atoms with E-state index in [2.05, 4.69) is 36.8 Å². The molecule has 0 N–H and O–H groups in total. The molecule has 0 unspecified atom stereocenters. The summed E-state index contributed by atoms with van der Waals surface area (Å²) in [6.45, 7) is 1.26. The maximum Gasteiger partial charge on any atom is 0.279 e. The van der Waals surface area contributed by atoms with Gasteiger partial charge in [0.1, 0.15) is 12.0 Å². The lowest BCUT2D eigenvalue weighted by molar-refractivity contribution is 0.0903. The molecule has 9 heteroatoms. The number of aromatic nitrogens is 3. The predicted molar refractivity (Wildman–Crippen MR) is 120 cm³/mol. The molecule has 0 saturated heterocycles. The summed E-state index contributed by atoms with van der Waals surface area (Å²) in [4.78, 5) is 30.1. The Kier molecular flexibility index (Phi) is 7.40. The van der Waals surface area contributed by atoms with Gasteiger partial charge in [0.15, 0.2) is 0 Å². The molecule has 2 aromatic heterocycles. The van der Waals surface area contributed by atoms with Gasteiger partial charge in [-0.05, 0) is 18.2 Å². The Hall–Kier alpha value is -2.23. The Labute approximate surface area is 186 Å². The molecule has 152 valence electrons. The molecule has 0 aliphatic heterocycles. The number of halogens is 2. The first-order valence-electron chi connectivity index (χ1n) is 9.02. The summed E-state index contributed by atoms with van der Waals surface area (Å²) in [7, 11) is 1.79. The van der Waals surface area contributed by atoms with Crippen molar-refractivity contribution in [1.29, 1.82) is 0 Å². The first kappa shape index (κ1) is 21.5. The van der Waals surface area contributed by atoms with Crippen LogP contribution in [0.4, 0.5) is 5.69 Å². The third kappa shape index (κ3) is 4.85. The molecule has 0 atom stereocenters. The Balaban J connectivity index is 2.03. The number of imidazole rings is 1. The van der Waals surface area contributed by atoms with Crippen LogP contribution in [-0.2, 0) is 7.05 Å². The first-order valence-corrected chi connectivity index (χ1v) is 11.3. The molecule has 0 aliphatic rings. The lowest BCUT2D eigenvalue weighted by atomic mass is 10.2. The highest BCUT2D eigenvalue weighted by atomic mass is 79.9. The summed E-state index contributed by atoms with van der Waals surface area (Å²) < 4.78 is 3.14. The van der Waals surface area contributed by atoms with Crippen molar-refractivity contribution >= 4 is 49.4 Å². The fourth-order valence-electron chi connectivity index (χ4n) is 3.01. The molecule has 0 aliphatic carbocycles. The zero-order valence-corrected chi connectivity index (χ0v) is 19.1. The third-order valence-electron chi connectivity index (χ3n) is 4.37. The van der Waals surface area contributed by atoms with Crippen LogP contribution in [0.2, 0.25) is 0 Å². The number of amides is 1. The highest BCUT2D eigenvalue weighted by Crippen LogP contribution is 2.24. The van der Waals surface area contributed by atoms with E-state index < -0.39 is 0 Å². The average Bonchev–Trinajstić information content (AvgIpc) is 3.39. The number of rotatable bonds is 8. The third-order valence-corrected chi connectivity index (χ3v) is 5.08. The van der Waals surface area contributed by atoms with Crippen LogP contribution >= 0.6 is 31.9 Å².